The molecule has 6 heteroatoms. The fourth-order valence-corrected chi connectivity index (χ4v) is 4.57. The van der Waals surface area contributed by atoms with Gasteiger partial charge in [0.2, 0.25) is 0 Å². The molecule has 0 saturated carbocycles. The summed E-state index contributed by atoms with van der Waals surface area (Å²) in [6.45, 7) is 2.19. The van der Waals surface area contributed by atoms with Gasteiger partial charge in [0.1, 0.15) is 28.5 Å². The minimum Gasteiger partial charge on any atom is -0.496 e. The number of ether oxygens (including phenoxy) is 1. The van der Waals surface area contributed by atoms with Crippen LogP contribution in [-0.4, -0.2) is 13.0 Å². The van der Waals surface area contributed by atoms with Crippen molar-refractivity contribution in [3.05, 3.63) is 51.4 Å². The molecule has 1 unspecified atom stereocenters. The largest absolute Gasteiger partial charge is 0.496 e. The van der Waals surface area contributed by atoms with Gasteiger partial charge in [0.05, 0.1) is 12.7 Å². The van der Waals surface area contributed by atoms with Crippen molar-refractivity contribution in [3.63, 3.8) is 0 Å². The summed E-state index contributed by atoms with van der Waals surface area (Å²) in [6, 6.07) is 11.3. The third-order valence-corrected chi connectivity index (χ3v) is 5.82. The first-order valence-corrected chi connectivity index (χ1v) is 9.49. The van der Waals surface area contributed by atoms with Crippen LogP contribution < -0.4 is 10.1 Å². The minimum atomic E-state index is -0.522. The SMILES string of the molecule is COc1ccccc1C=C(C#N)C(=O)Nc1sc2c(c1C#N)CCC(C)C2. The summed E-state index contributed by atoms with van der Waals surface area (Å²) in [6.07, 6.45) is 4.32. The molecule has 0 radical (unpaired) electrons. The van der Waals surface area contributed by atoms with Crippen LogP contribution in [0, 0.1) is 28.6 Å². The van der Waals surface area contributed by atoms with E-state index in [9.17, 15) is 15.3 Å². The molecule has 0 bridgehead atoms. The van der Waals surface area contributed by atoms with Crippen molar-refractivity contribution in [1.82, 2.24) is 0 Å². The number of rotatable bonds is 4. The molecule has 1 aromatic carbocycles. The Kier molecular flexibility index (Phi) is 5.59. The maximum Gasteiger partial charge on any atom is 0.266 e. The topological polar surface area (TPSA) is 85.9 Å². The molecule has 3 rings (SSSR count). The van der Waals surface area contributed by atoms with Crippen molar-refractivity contribution in [3.8, 4) is 17.9 Å². The molecular formula is C21H19N3O2S. The van der Waals surface area contributed by atoms with Crippen molar-refractivity contribution in [2.24, 2.45) is 5.92 Å². The van der Waals surface area contributed by atoms with E-state index in [0.717, 1.165) is 29.7 Å². The molecule has 1 aromatic heterocycles. The molecular weight excluding hydrogens is 358 g/mol. The van der Waals surface area contributed by atoms with E-state index in [1.807, 2.05) is 18.2 Å². The molecule has 1 amide bonds. The van der Waals surface area contributed by atoms with Crippen molar-refractivity contribution in [1.29, 1.82) is 10.5 Å². The Morgan fingerprint density at radius 1 is 1.37 bits per heavy atom. The summed E-state index contributed by atoms with van der Waals surface area (Å²) in [4.78, 5) is 13.8. The predicted octanol–water partition coefficient (Wildman–Crippen LogP) is 4.30. The van der Waals surface area contributed by atoms with Crippen molar-refractivity contribution >= 4 is 28.3 Å². The highest BCUT2D eigenvalue weighted by atomic mass is 32.1. The van der Waals surface area contributed by atoms with Crippen molar-refractivity contribution in [2.45, 2.75) is 26.2 Å². The number of methoxy groups -OCH3 is 1. The molecule has 2 aromatic rings. The number of thiophene rings is 1. The van der Waals surface area contributed by atoms with Crippen LogP contribution in [0.1, 0.15) is 34.9 Å². The van der Waals surface area contributed by atoms with E-state index >= 15 is 0 Å². The number of nitrogens with zero attached hydrogens (tertiary/aromatic N) is 2. The third-order valence-electron chi connectivity index (χ3n) is 4.65. The first-order valence-electron chi connectivity index (χ1n) is 8.68. The molecule has 27 heavy (non-hydrogen) atoms. The van der Waals surface area contributed by atoms with E-state index in [4.69, 9.17) is 4.74 Å². The quantitative estimate of drug-likeness (QED) is 0.636. The lowest BCUT2D eigenvalue weighted by Gasteiger charge is -2.17. The minimum absolute atomic E-state index is 0.0388. The summed E-state index contributed by atoms with van der Waals surface area (Å²) in [7, 11) is 1.54. The van der Waals surface area contributed by atoms with Crippen LogP contribution in [0.15, 0.2) is 29.8 Å². The van der Waals surface area contributed by atoms with E-state index in [1.165, 1.54) is 24.5 Å². The van der Waals surface area contributed by atoms with E-state index in [2.05, 4.69) is 18.3 Å². The second-order valence-corrected chi connectivity index (χ2v) is 7.64. The Balaban J connectivity index is 1.89. The lowest BCUT2D eigenvalue weighted by Crippen LogP contribution is -2.13. The normalized spacial score (nSPS) is 16.0. The molecule has 1 heterocycles. The predicted molar refractivity (Wildman–Crippen MR) is 105 cm³/mol. The smallest absolute Gasteiger partial charge is 0.266 e. The molecule has 5 nitrogen and oxygen atoms in total. The van der Waals surface area contributed by atoms with Gasteiger partial charge in [0, 0.05) is 10.4 Å². The number of nitriles is 2. The number of para-hydroxylation sites is 1. The fourth-order valence-electron chi connectivity index (χ4n) is 3.22. The number of carbonyl (C=O) groups is 1. The summed E-state index contributed by atoms with van der Waals surface area (Å²) in [5, 5.41) is 22.3. The molecule has 0 saturated heterocycles. The van der Waals surface area contributed by atoms with E-state index in [1.54, 1.807) is 12.1 Å². The van der Waals surface area contributed by atoms with E-state index in [-0.39, 0.29) is 5.57 Å². The lowest BCUT2D eigenvalue weighted by molar-refractivity contribution is -0.112. The highest BCUT2D eigenvalue weighted by Crippen LogP contribution is 2.39. The van der Waals surface area contributed by atoms with Crippen LogP contribution in [-0.2, 0) is 17.6 Å². The highest BCUT2D eigenvalue weighted by molar-refractivity contribution is 7.16. The summed E-state index contributed by atoms with van der Waals surface area (Å²) in [5.41, 5.74) is 2.18. The zero-order valence-corrected chi connectivity index (χ0v) is 16.0. The first kappa shape index (κ1) is 18.7. The molecule has 0 spiro atoms. The monoisotopic (exact) mass is 377 g/mol. The first-order chi connectivity index (χ1) is 13.1. The van der Waals surface area contributed by atoms with Gasteiger partial charge in [-0.15, -0.1) is 11.3 Å². The molecule has 1 N–H and O–H groups in total. The van der Waals surface area contributed by atoms with Gasteiger partial charge in [-0.05, 0) is 42.9 Å². The molecule has 1 aliphatic rings. The van der Waals surface area contributed by atoms with Gasteiger partial charge in [-0.3, -0.25) is 4.79 Å². The molecule has 136 valence electrons. The number of carbonyl (C=O) groups excluding carboxylic acids is 1. The standard InChI is InChI=1S/C21H19N3O2S/c1-13-7-8-16-17(12-23)21(27-19(16)9-13)24-20(25)15(11-22)10-14-5-3-4-6-18(14)26-2/h3-6,10,13H,7-9H2,1-2H3,(H,24,25). The maximum atomic E-state index is 12.6. The van der Waals surface area contributed by atoms with Crippen LogP contribution in [0.5, 0.6) is 5.75 Å². The number of anilines is 1. The molecule has 0 fully saturated rings. The Morgan fingerprint density at radius 3 is 2.85 bits per heavy atom. The van der Waals surface area contributed by atoms with Gasteiger partial charge in [-0.1, -0.05) is 25.1 Å². The van der Waals surface area contributed by atoms with Crippen LogP contribution in [0.3, 0.4) is 0 Å². The van der Waals surface area contributed by atoms with Gasteiger partial charge in [0.25, 0.3) is 5.91 Å². The average molecular weight is 377 g/mol. The second kappa shape index (κ2) is 8.07. The van der Waals surface area contributed by atoms with Crippen LogP contribution >= 0.6 is 11.3 Å². The van der Waals surface area contributed by atoms with Gasteiger partial charge >= 0.3 is 0 Å². The van der Waals surface area contributed by atoms with Gasteiger partial charge in [0.15, 0.2) is 0 Å². The van der Waals surface area contributed by atoms with Crippen LogP contribution in [0.25, 0.3) is 6.08 Å². The van der Waals surface area contributed by atoms with Crippen LogP contribution in [0.2, 0.25) is 0 Å². The van der Waals surface area contributed by atoms with Gasteiger partial charge in [-0.2, -0.15) is 10.5 Å². The molecule has 1 atom stereocenters. The summed E-state index contributed by atoms with van der Waals surface area (Å²) in [5.74, 6) is 0.634. The van der Waals surface area contributed by atoms with E-state index < -0.39 is 5.91 Å². The van der Waals surface area contributed by atoms with Gasteiger partial charge in [-0.25, -0.2) is 0 Å². The number of amides is 1. The number of hydrogen-bond acceptors (Lipinski definition) is 5. The molecule has 0 aliphatic heterocycles. The Morgan fingerprint density at radius 2 is 2.15 bits per heavy atom. The average Bonchev–Trinajstić information content (AvgIpc) is 3.01. The Labute approximate surface area is 162 Å². The third kappa shape index (κ3) is 3.86. The maximum absolute atomic E-state index is 12.6. The van der Waals surface area contributed by atoms with E-state index in [0.29, 0.717) is 27.8 Å². The Bertz CT molecular complexity index is 992. The molecule has 1 aliphatic carbocycles. The number of benzene rings is 1. The zero-order chi connectivity index (χ0) is 19.4. The van der Waals surface area contributed by atoms with Crippen molar-refractivity contribution in [2.75, 3.05) is 12.4 Å². The second-order valence-electron chi connectivity index (χ2n) is 6.53. The highest BCUT2D eigenvalue weighted by Gasteiger charge is 2.25. The van der Waals surface area contributed by atoms with Crippen molar-refractivity contribution < 1.29 is 9.53 Å². The van der Waals surface area contributed by atoms with Crippen LogP contribution in [0.4, 0.5) is 5.00 Å². The van der Waals surface area contributed by atoms with Gasteiger partial charge < -0.3 is 10.1 Å². The summed E-state index contributed by atoms with van der Waals surface area (Å²) >= 11 is 1.44. The number of hydrogen-bond donors (Lipinski definition) is 1. The number of fused-ring (bicyclic) bond motifs is 1. The Hall–Kier alpha value is -3.09. The number of nitrogens with one attached hydrogen (secondary N) is 1. The lowest BCUT2D eigenvalue weighted by atomic mass is 9.88. The summed E-state index contributed by atoms with van der Waals surface area (Å²) < 4.78 is 5.26. The zero-order valence-electron chi connectivity index (χ0n) is 15.2. The fraction of sp³-hybridized carbons (Fsp3) is 0.286.